The van der Waals surface area contributed by atoms with Gasteiger partial charge in [-0.25, -0.2) is 0 Å². The number of hydrogen-bond donors (Lipinski definition) is 4. The van der Waals surface area contributed by atoms with Crippen molar-refractivity contribution >= 4 is 5.91 Å². The monoisotopic (exact) mass is 278 g/mol. The van der Waals surface area contributed by atoms with Crippen molar-refractivity contribution in [2.24, 2.45) is 5.92 Å². The van der Waals surface area contributed by atoms with Gasteiger partial charge in [-0.3, -0.25) is 4.79 Å². The van der Waals surface area contributed by atoms with Gasteiger partial charge in [-0.2, -0.15) is 0 Å². The molecule has 1 aliphatic rings. The van der Waals surface area contributed by atoms with E-state index in [9.17, 15) is 15.0 Å². The van der Waals surface area contributed by atoms with Gasteiger partial charge in [0.25, 0.3) is 5.91 Å². The lowest BCUT2D eigenvalue weighted by Crippen LogP contribution is -2.48. The van der Waals surface area contributed by atoms with E-state index in [1.165, 1.54) is 31.0 Å². The molecule has 1 fully saturated rings. The summed E-state index contributed by atoms with van der Waals surface area (Å²) in [7, 11) is 0. The topological polar surface area (TPSA) is 81.6 Å². The molecule has 20 heavy (non-hydrogen) atoms. The lowest BCUT2D eigenvalue weighted by molar-refractivity contribution is 0.0939. The fourth-order valence-electron chi connectivity index (χ4n) is 2.76. The first kappa shape index (κ1) is 14.7. The van der Waals surface area contributed by atoms with Crippen LogP contribution in [-0.2, 0) is 0 Å². The first-order valence-electron chi connectivity index (χ1n) is 7.15. The third kappa shape index (κ3) is 3.42. The van der Waals surface area contributed by atoms with Gasteiger partial charge in [0, 0.05) is 18.7 Å². The summed E-state index contributed by atoms with van der Waals surface area (Å²) in [6.07, 6.45) is 3.47. The minimum Gasteiger partial charge on any atom is -0.508 e. The van der Waals surface area contributed by atoms with Crippen LogP contribution in [0.15, 0.2) is 18.2 Å². The number of aromatic hydroxyl groups is 2. The quantitative estimate of drug-likeness (QED) is 0.674. The lowest BCUT2D eigenvalue weighted by Gasteiger charge is -2.32. The molecule has 0 spiro atoms. The highest BCUT2D eigenvalue weighted by molar-refractivity contribution is 5.97. The number of benzene rings is 1. The fourth-order valence-corrected chi connectivity index (χ4v) is 2.76. The Hall–Kier alpha value is -1.75. The summed E-state index contributed by atoms with van der Waals surface area (Å²) in [5, 5.41) is 25.2. The minimum absolute atomic E-state index is 0.0564. The van der Waals surface area contributed by atoms with E-state index in [2.05, 4.69) is 17.6 Å². The van der Waals surface area contributed by atoms with Crippen molar-refractivity contribution in [3.63, 3.8) is 0 Å². The predicted octanol–water partition coefficient (Wildman–Crippen LogP) is 1.61. The van der Waals surface area contributed by atoms with Crippen molar-refractivity contribution in [3.05, 3.63) is 23.8 Å². The van der Waals surface area contributed by atoms with Crippen LogP contribution < -0.4 is 10.6 Å². The zero-order chi connectivity index (χ0) is 14.5. The van der Waals surface area contributed by atoms with Crippen molar-refractivity contribution < 1.29 is 15.0 Å². The van der Waals surface area contributed by atoms with E-state index >= 15 is 0 Å². The van der Waals surface area contributed by atoms with Crippen LogP contribution in [0.4, 0.5) is 0 Å². The molecule has 2 atom stereocenters. The standard InChI is InChI=1S/C15H22N2O3/c1-2-10-4-3-7-16-13(10)9-17-15(20)12-6-5-11(18)8-14(12)19/h5-6,8,10,13,16,18-19H,2-4,7,9H2,1H3,(H,17,20). The lowest BCUT2D eigenvalue weighted by atomic mass is 9.88. The van der Waals surface area contributed by atoms with Crippen LogP contribution in [0.1, 0.15) is 36.5 Å². The normalized spacial score (nSPS) is 22.4. The van der Waals surface area contributed by atoms with Crippen LogP contribution in [0.5, 0.6) is 11.5 Å². The molecule has 1 aromatic carbocycles. The minimum atomic E-state index is -0.315. The van der Waals surface area contributed by atoms with Gasteiger partial charge >= 0.3 is 0 Å². The molecule has 2 rings (SSSR count). The smallest absolute Gasteiger partial charge is 0.255 e. The van der Waals surface area contributed by atoms with E-state index < -0.39 is 0 Å². The molecule has 0 bridgehead atoms. The maximum Gasteiger partial charge on any atom is 0.255 e. The number of carbonyl (C=O) groups excluding carboxylic acids is 1. The Kier molecular flexibility index (Phi) is 4.84. The first-order valence-corrected chi connectivity index (χ1v) is 7.15. The van der Waals surface area contributed by atoms with Crippen LogP contribution in [0.3, 0.4) is 0 Å². The van der Waals surface area contributed by atoms with Gasteiger partial charge in [-0.15, -0.1) is 0 Å². The van der Waals surface area contributed by atoms with Crippen molar-refractivity contribution in [2.45, 2.75) is 32.2 Å². The van der Waals surface area contributed by atoms with Crippen molar-refractivity contribution in [3.8, 4) is 11.5 Å². The van der Waals surface area contributed by atoms with E-state index in [0.717, 1.165) is 13.0 Å². The van der Waals surface area contributed by atoms with Gasteiger partial charge in [-0.1, -0.05) is 13.3 Å². The molecule has 2 unspecified atom stereocenters. The summed E-state index contributed by atoms with van der Waals surface area (Å²) in [6, 6.07) is 4.27. The number of nitrogens with one attached hydrogen (secondary N) is 2. The average molecular weight is 278 g/mol. The van der Waals surface area contributed by atoms with Crippen molar-refractivity contribution in [2.75, 3.05) is 13.1 Å². The Bertz CT molecular complexity index is 476. The molecule has 1 amide bonds. The molecule has 0 aliphatic carbocycles. The van der Waals surface area contributed by atoms with E-state index in [0.29, 0.717) is 12.5 Å². The van der Waals surface area contributed by atoms with Crippen molar-refractivity contribution in [1.82, 2.24) is 10.6 Å². The fraction of sp³-hybridized carbons (Fsp3) is 0.533. The van der Waals surface area contributed by atoms with E-state index in [1.54, 1.807) is 0 Å². The molecular weight excluding hydrogens is 256 g/mol. The van der Waals surface area contributed by atoms with Crippen LogP contribution in [0, 0.1) is 5.92 Å². The van der Waals surface area contributed by atoms with E-state index in [4.69, 9.17) is 0 Å². The van der Waals surface area contributed by atoms with Gasteiger partial charge in [0.05, 0.1) is 5.56 Å². The number of amides is 1. The van der Waals surface area contributed by atoms with Crippen LogP contribution >= 0.6 is 0 Å². The highest BCUT2D eigenvalue weighted by Gasteiger charge is 2.23. The van der Waals surface area contributed by atoms with Crippen LogP contribution in [0.2, 0.25) is 0 Å². The largest absolute Gasteiger partial charge is 0.508 e. The molecule has 1 aliphatic heterocycles. The summed E-state index contributed by atoms with van der Waals surface area (Å²) >= 11 is 0. The Morgan fingerprint density at radius 1 is 1.45 bits per heavy atom. The van der Waals surface area contributed by atoms with Gasteiger partial charge in [0.15, 0.2) is 0 Å². The average Bonchev–Trinajstić information content (AvgIpc) is 2.45. The molecule has 4 N–H and O–H groups in total. The summed E-state index contributed by atoms with van der Waals surface area (Å²) in [4.78, 5) is 12.0. The molecule has 5 nitrogen and oxygen atoms in total. The summed E-state index contributed by atoms with van der Waals surface area (Å²) in [5.41, 5.74) is 0.187. The Morgan fingerprint density at radius 2 is 2.25 bits per heavy atom. The molecule has 110 valence electrons. The molecule has 1 saturated heterocycles. The number of hydrogen-bond acceptors (Lipinski definition) is 4. The number of phenols is 2. The molecule has 1 aromatic rings. The molecule has 0 aromatic heterocycles. The number of carbonyl (C=O) groups is 1. The summed E-state index contributed by atoms with van der Waals surface area (Å²) in [5.74, 6) is 0.00683. The van der Waals surface area contributed by atoms with Gasteiger partial charge < -0.3 is 20.8 Å². The predicted molar refractivity (Wildman–Crippen MR) is 76.9 cm³/mol. The molecule has 1 heterocycles. The molecular formula is C15H22N2O3. The van der Waals surface area contributed by atoms with Gasteiger partial charge in [0.1, 0.15) is 11.5 Å². The van der Waals surface area contributed by atoms with Gasteiger partial charge in [-0.05, 0) is 37.4 Å². The SMILES string of the molecule is CCC1CCCNC1CNC(=O)c1ccc(O)cc1O. The van der Waals surface area contributed by atoms with E-state index in [-0.39, 0.29) is 29.0 Å². The van der Waals surface area contributed by atoms with Crippen LogP contribution in [-0.4, -0.2) is 35.3 Å². The Labute approximate surface area is 119 Å². The zero-order valence-corrected chi connectivity index (χ0v) is 11.7. The second kappa shape index (κ2) is 6.61. The molecule has 0 radical (unpaired) electrons. The molecule has 0 saturated carbocycles. The van der Waals surface area contributed by atoms with Crippen LogP contribution in [0.25, 0.3) is 0 Å². The summed E-state index contributed by atoms with van der Waals surface area (Å²) in [6.45, 7) is 3.71. The van der Waals surface area contributed by atoms with Gasteiger partial charge in [0.2, 0.25) is 0 Å². The third-order valence-corrected chi connectivity index (χ3v) is 3.96. The highest BCUT2D eigenvalue weighted by atomic mass is 16.3. The Balaban J connectivity index is 1.94. The number of rotatable bonds is 4. The number of phenolic OH excluding ortho intramolecular Hbond substituents is 2. The zero-order valence-electron chi connectivity index (χ0n) is 11.7. The Morgan fingerprint density at radius 3 is 2.95 bits per heavy atom. The third-order valence-electron chi connectivity index (χ3n) is 3.96. The first-order chi connectivity index (χ1) is 9.61. The summed E-state index contributed by atoms with van der Waals surface area (Å²) < 4.78 is 0. The maximum absolute atomic E-state index is 12.0. The van der Waals surface area contributed by atoms with E-state index in [1.807, 2.05) is 0 Å². The molecule has 5 heteroatoms. The number of piperidine rings is 1. The highest BCUT2D eigenvalue weighted by Crippen LogP contribution is 2.23. The second-order valence-electron chi connectivity index (χ2n) is 5.28. The second-order valence-corrected chi connectivity index (χ2v) is 5.28. The van der Waals surface area contributed by atoms with Crippen molar-refractivity contribution in [1.29, 1.82) is 0 Å². The maximum atomic E-state index is 12.0.